The molecule has 0 saturated heterocycles. The number of para-hydroxylation sites is 3. The third-order valence-electron chi connectivity index (χ3n) is 14.1. The van der Waals surface area contributed by atoms with Crippen molar-refractivity contribution in [1.82, 2.24) is 9.13 Å². The van der Waals surface area contributed by atoms with E-state index in [0.717, 1.165) is 0 Å². The van der Waals surface area contributed by atoms with Crippen molar-refractivity contribution in [3.63, 3.8) is 0 Å². The Hall–Kier alpha value is -7.20. The van der Waals surface area contributed by atoms with Crippen LogP contribution < -0.4 is 20.7 Å². The van der Waals surface area contributed by atoms with Crippen LogP contribution in [0.2, 0.25) is 0 Å². The Balaban J connectivity index is 1.00. The Morgan fingerprint density at radius 1 is 0.349 bits per heavy atom. The van der Waals surface area contributed by atoms with Crippen LogP contribution in [0.1, 0.15) is 43.6 Å². The van der Waals surface area contributed by atoms with Gasteiger partial charge >= 0.3 is 0 Å². The quantitative estimate of drug-likeness (QED) is 0.107. The van der Waals surface area contributed by atoms with Crippen LogP contribution in [0.4, 0.5) is 0 Å². The highest BCUT2D eigenvalue weighted by atomic mass is 28.3. The van der Waals surface area contributed by atoms with Gasteiger partial charge in [0.15, 0.2) is 8.07 Å². The van der Waals surface area contributed by atoms with Crippen LogP contribution in [0.15, 0.2) is 224 Å². The van der Waals surface area contributed by atoms with Crippen molar-refractivity contribution < 1.29 is 0 Å². The van der Waals surface area contributed by atoms with Gasteiger partial charge < -0.3 is 9.13 Å². The summed E-state index contributed by atoms with van der Waals surface area (Å²) in [5.74, 6) is 0.668. The van der Waals surface area contributed by atoms with E-state index in [4.69, 9.17) is 0 Å². The van der Waals surface area contributed by atoms with E-state index in [0.29, 0.717) is 5.92 Å². The Bertz CT molecular complexity index is 3320. The molecule has 1 aliphatic carbocycles. The number of rotatable bonds is 8. The van der Waals surface area contributed by atoms with Crippen molar-refractivity contribution in [2.24, 2.45) is 0 Å². The first kappa shape index (κ1) is 37.5. The lowest BCUT2D eigenvalue weighted by Crippen LogP contribution is -2.74. The van der Waals surface area contributed by atoms with E-state index in [2.05, 4.69) is 234 Å². The van der Waals surface area contributed by atoms with Gasteiger partial charge in [-0.3, -0.25) is 0 Å². The molecule has 2 nitrogen and oxygen atoms in total. The summed E-state index contributed by atoms with van der Waals surface area (Å²) < 4.78 is 4.97. The highest BCUT2D eigenvalue weighted by Gasteiger charge is 2.41. The first-order chi connectivity index (χ1) is 31.3. The topological polar surface area (TPSA) is 9.86 Å². The van der Waals surface area contributed by atoms with Gasteiger partial charge in [-0.2, -0.15) is 0 Å². The third kappa shape index (κ3) is 6.13. The van der Waals surface area contributed by atoms with E-state index in [1.807, 2.05) is 0 Å². The van der Waals surface area contributed by atoms with Crippen LogP contribution in [-0.4, -0.2) is 17.2 Å². The number of aromatic nitrogens is 2. The van der Waals surface area contributed by atoms with Gasteiger partial charge in [0.25, 0.3) is 0 Å². The number of benzene rings is 9. The fourth-order valence-electron chi connectivity index (χ4n) is 11.2. The molecule has 0 radical (unpaired) electrons. The molecule has 2 heterocycles. The summed E-state index contributed by atoms with van der Waals surface area (Å²) in [5.41, 5.74) is 11.2. The van der Waals surface area contributed by atoms with Crippen LogP contribution >= 0.6 is 0 Å². The highest BCUT2D eigenvalue weighted by Crippen LogP contribution is 2.41. The van der Waals surface area contributed by atoms with E-state index < -0.39 is 8.07 Å². The minimum absolute atomic E-state index is 0.668. The van der Waals surface area contributed by atoms with Crippen molar-refractivity contribution in [3.8, 4) is 22.5 Å². The molecule has 1 saturated carbocycles. The standard InChI is InChI=1S/C60H48N2Si/c1-5-19-43(20-6-1)45-35-39-59-54(41-45)52-28-14-17-31-57(52)61(59)46-36-40-60-55(42-46)53-29-15-18-32-58(53)62(60)56-30-16-13-27-51(56)44-33-37-50(38-34-44)63(47-21-7-2-8-22-47,48-23-9-3-10-24-48)49-25-11-4-12-26-49/h2-4,7-18,21-43H,1,5-6,19-20H2. The number of hydrogen-bond donors (Lipinski definition) is 0. The molecule has 1 fully saturated rings. The zero-order valence-corrected chi connectivity index (χ0v) is 36.4. The summed E-state index contributed by atoms with van der Waals surface area (Å²) in [5, 5.41) is 10.7. The molecule has 0 bridgehead atoms. The van der Waals surface area contributed by atoms with Crippen molar-refractivity contribution in [1.29, 1.82) is 0 Å². The Morgan fingerprint density at radius 2 is 0.825 bits per heavy atom. The molecule has 0 atom stereocenters. The molecule has 0 N–H and O–H groups in total. The summed E-state index contributed by atoms with van der Waals surface area (Å²) in [6.07, 6.45) is 6.66. The van der Waals surface area contributed by atoms with Crippen molar-refractivity contribution in [2.45, 2.75) is 38.0 Å². The van der Waals surface area contributed by atoms with Crippen molar-refractivity contribution >= 4 is 72.4 Å². The molecule has 2 aromatic heterocycles. The van der Waals surface area contributed by atoms with Crippen LogP contribution in [0.5, 0.6) is 0 Å². The maximum absolute atomic E-state index is 2.64. The monoisotopic (exact) mass is 824 g/mol. The van der Waals surface area contributed by atoms with Crippen LogP contribution in [0.25, 0.3) is 66.1 Å². The normalized spacial score (nSPS) is 13.7. The predicted octanol–water partition coefficient (Wildman–Crippen LogP) is 13.0. The molecule has 0 spiro atoms. The zero-order chi connectivity index (χ0) is 41.7. The van der Waals surface area contributed by atoms with E-state index in [1.165, 1.54) is 125 Å². The van der Waals surface area contributed by atoms with E-state index in [1.54, 1.807) is 0 Å². The molecule has 11 aromatic rings. The average molecular weight is 825 g/mol. The Morgan fingerprint density at radius 3 is 1.46 bits per heavy atom. The van der Waals surface area contributed by atoms with Crippen molar-refractivity contribution in [3.05, 3.63) is 230 Å². The fraction of sp³-hybridized carbons (Fsp3) is 0.100. The summed E-state index contributed by atoms with van der Waals surface area (Å²) in [4.78, 5) is 0. The molecular formula is C60H48N2Si. The zero-order valence-electron chi connectivity index (χ0n) is 35.4. The Kier molecular flexibility index (Phi) is 9.30. The molecule has 1 aliphatic rings. The van der Waals surface area contributed by atoms with Gasteiger partial charge in [0, 0.05) is 32.8 Å². The van der Waals surface area contributed by atoms with Gasteiger partial charge in [0.2, 0.25) is 0 Å². The molecular weight excluding hydrogens is 777 g/mol. The first-order valence-corrected chi connectivity index (χ1v) is 24.7. The number of nitrogens with zero attached hydrogens (tertiary/aromatic N) is 2. The van der Waals surface area contributed by atoms with Crippen LogP contribution in [0.3, 0.4) is 0 Å². The summed E-state index contributed by atoms with van der Waals surface area (Å²) >= 11 is 0. The molecule has 12 rings (SSSR count). The molecule has 63 heavy (non-hydrogen) atoms. The number of hydrogen-bond acceptors (Lipinski definition) is 0. The lowest BCUT2D eigenvalue weighted by atomic mass is 9.84. The van der Waals surface area contributed by atoms with Gasteiger partial charge in [0.1, 0.15) is 0 Å². The molecule has 0 unspecified atom stereocenters. The molecule has 0 amide bonds. The maximum atomic E-state index is 2.51. The van der Waals surface area contributed by atoms with Gasteiger partial charge in [-0.05, 0) is 99.2 Å². The molecule has 302 valence electrons. The van der Waals surface area contributed by atoms with Gasteiger partial charge in [0.05, 0.1) is 27.8 Å². The van der Waals surface area contributed by atoms with Crippen LogP contribution in [0, 0.1) is 0 Å². The fourth-order valence-corrected chi connectivity index (χ4v) is 15.9. The summed E-state index contributed by atoms with van der Waals surface area (Å²) in [6, 6.07) is 84.3. The predicted molar refractivity (Wildman–Crippen MR) is 270 cm³/mol. The van der Waals surface area contributed by atoms with Gasteiger partial charge in [-0.1, -0.05) is 195 Å². The summed E-state index contributed by atoms with van der Waals surface area (Å²) in [7, 11) is -2.64. The smallest absolute Gasteiger partial charge is 0.179 e. The van der Waals surface area contributed by atoms with E-state index in [-0.39, 0.29) is 0 Å². The lowest BCUT2D eigenvalue weighted by molar-refractivity contribution is 0.444. The van der Waals surface area contributed by atoms with Gasteiger partial charge in [-0.25, -0.2) is 0 Å². The molecule has 3 heteroatoms. The second-order valence-corrected chi connectivity index (χ2v) is 21.3. The summed E-state index contributed by atoms with van der Waals surface area (Å²) in [6.45, 7) is 0. The second kappa shape index (κ2) is 15.6. The minimum atomic E-state index is -2.64. The first-order valence-electron chi connectivity index (χ1n) is 22.7. The highest BCUT2D eigenvalue weighted by molar-refractivity contribution is 7.19. The van der Waals surface area contributed by atoms with E-state index in [9.17, 15) is 0 Å². The third-order valence-corrected chi connectivity index (χ3v) is 18.9. The SMILES string of the molecule is c1ccc([Si](c2ccccc2)(c2ccccc2)c2ccc(-c3ccccc3-n3c4ccccc4c4cc(-n5c6ccccc6c6cc(C7CCCCC7)ccc65)ccc43)cc2)cc1. The number of fused-ring (bicyclic) bond motifs is 6. The largest absolute Gasteiger partial charge is 0.309 e. The Labute approximate surface area is 370 Å². The second-order valence-electron chi connectivity index (χ2n) is 17.5. The van der Waals surface area contributed by atoms with E-state index >= 15 is 0 Å². The molecule has 0 aliphatic heterocycles. The maximum Gasteiger partial charge on any atom is 0.179 e. The minimum Gasteiger partial charge on any atom is -0.309 e. The molecule has 9 aromatic carbocycles. The van der Waals surface area contributed by atoms with Crippen molar-refractivity contribution in [2.75, 3.05) is 0 Å². The lowest BCUT2D eigenvalue weighted by Gasteiger charge is -2.34. The van der Waals surface area contributed by atoms with Crippen LogP contribution in [-0.2, 0) is 0 Å². The average Bonchev–Trinajstić information content (AvgIpc) is 3.88. The van der Waals surface area contributed by atoms with Gasteiger partial charge in [-0.15, -0.1) is 0 Å².